The molecule has 178 valence electrons. The number of rotatable bonds is 7. The highest BCUT2D eigenvalue weighted by Crippen LogP contribution is 2.32. The summed E-state index contributed by atoms with van der Waals surface area (Å²) < 4.78 is 8.19. The molecule has 0 spiro atoms. The van der Waals surface area contributed by atoms with E-state index in [4.69, 9.17) is 4.74 Å². The van der Waals surface area contributed by atoms with Crippen LogP contribution in [0.25, 0.3) is 11.0 Å². The Morgan fingerprint density at radius 3 is 2.54 bits per heavy atom. The second kappa shape index (κ2) is 10.6. The van der Waals surface area contributed by atoms with Crippen LogP contribution in [0.15, 0.2) is 83.9 Å². The maximum absolute atomic E-state index is 9.24. The van der Waals surface area contributed by atoms with Gasteiger partial charge in [-0.25, -0.2) is 0 Å². The fraction of sp³-hybridized carbons (Fsp3) is 0.310. The molecule has 0 radical (unpaired) electrons. The summed E-state index contributed by atoms with van der Waals surface area (Å²) in [7, 11) is 0. The predicted octanol–water partition coefficient (Wildman–Crippen LogP) is 5.40. The van der Waals surface area contributed by atoms with E-state index in [1.54, 1.807) is 0 Å². The number of H-pyrrole nitrogens is 1. The first-order valence-electron chi connectivity index (χ1n) is 12.3. The topological polar surface area (TPSA) is 69.3 Å². The summed E-state index contributed by atoms with van der Waals surface area (Å²) in [5.41, 5.74) is 5.25. The molecule has 1 aliphatic rings. The number of aromatic nitrogens is 2. The van der Waals surface area contributed by atoms with Crippen LogP contribution in [0, 0.1) is 17.4 Å². The van der Waals surface area contributed by atoms with Gasteiger partial charge in [-0.05, 0) is 47.7 Å². The van der Waals surface area contributed by atoms with Crippen molar-refractivity contribution < 1.29 is 4.74 Å². The van der Waals surface area contributed by atoms with Gasteiger partial charge in [-0.2, -0.15) is 5.26 Å². The molecule has 2 atom stereocenters. The average molecular weight is 466 g/mol. The van der Waals surface area contributed by atoms with Gasteiger partial charge in [0.1, 0.15) is 12.4 Å². The van der Waals surface area contributed by atoms with E-state index in [2.05, 4.69) is 68.8 Å². The molecule has 0 amide bonds. The molecule has 0 bridgehead atoms. The van der Waals surface area contributed by atoms with Gasteiger partial charge < -0.3 is 14.3 Å². The summed E-state index contributed by atoms with van der Waals surface area (Å²) in [5.74, 6) is 1.38. The first-order chi connectivity index (χ1) is 17.2. The van der Waals surface area contributed by atoms with Crippen LogP contribution in [0.5, 0.6) is 5.75 Å². The largest absolute Gasteiger partial charge is 0.489 e. The number of aromatic amines is 1. The van der Waals surface area contributed by atoms with Gasteiger partial charge in [0.15, 0.2) is 0 Å². The number of hydrogen-bond donors (Lipinski definition) is 1. The molecule has 2 heterocycles. The van der Waals surface area contributed by atoms with Crippen molar-refractivity contribution in [2.24, 2.45) is 10.9 Å². The summed E-state index contributed by atoms with van der Waals surface area (Å²) in [6.07, 6.45) is 4.07. The van der Waals surface area contributed by atoms with Gasteiger partial charge in [0.25, 0.3) is 0 Å². The number of imidazole rings is 1. The van der Waals surface area contributed by atoms with E-state index in [0.29, 0.717) is 24.2 Å². The Kier molecular flexibility index (Phi) is 6.97. The van der Waals surface area contributed by atoms with Crippen molar-refractivity contribution in [3.63, 3.8) is 0 Å². The predicted molar refractivity (Wildman–Crippen MR) is 137 cm³/mol. The second-order valence-corrected chi connectivity index (χ2v) is 9.23. The zero-order valence-electron chi connectivity index (χ0n) is 20.1. The lowest BCUT2D eigenvalue weighted by molar-refractivity contribution is 0.114. The molecule has 5 rings (SSSR count). The summed E-state index contributed by atoms with van der Waals surface area (Å²) in [5, 5.41) is 9.24. The van der Waals surface area contributed by atoms with Crippen LogP contribution in [0.3, 0.4) is 0 Å². The highest BCUT2D eigenvalue weighted by atomic mass is 16.5. The maximum atomic E-state index is 9.24. The summed E-state index contributed by atoms with van der Waals surface area (Å²) in [6, 6.07) is 27.3. The van der Waals surface area contributed by atoms with Crippen molar-refractivity contribution in [3.8, 4) is 11.9 Å². The molecule has 0 saturated carbocycles. The second-order valence-electron chi connectivity index (χ2n) is 9.23. The van der Waals surface area contributed by atoms with E-state index >= 15 is 0 Å². The number of ether oxygens (including phenoxy) is 1. The minimum absolute atomic E-state index is 0.313. The van der Waals surface area contributed by atoms with Gasteiger partial charge in [-0.15, -0.1) is 4.99 Å². The Morgan fingerprint density at radius 2 is 1.77 bits per heavy atom. The van der Waals surface area contributed by atoms with E-state index in [-0.39, 0.29) is 0 Å². The van der Waals surface area contributed by atoms with Crippen LogP contribution < -0.4 is 10.4 Å². The van der Waals surface area contributed by atoms with Gasteiger partial charge in [0.05, 0.1) is 11.0 Å². The third-order valence-electron chi connectivity index (χ3n) is 7.01. The Labute approximate surface area is 206 Å². The fourth-order valence-electron chi connectivity index (χ4n) is 5.22. The van der Waals surface area contributed by atoms with Crippen LogP contribution in [0.2, 0.25) is 0 Å². The summed E-state index contributed by atoms with van der Waals surface area (Å²) in [4.78, 5) is 9.98. The van der Waals surface area contributed by atoms with E-state index in [9.17, 15) is 5.26 Å². The molecule has 2 unspecified atom stereocenters. The third-order valence-corrected chi connectivity index (χ3v) is 7.01. The Bertz CT molecular complexity index is 1360. The maximum Gasteiger partial charge on any atom is 0.219 e. The van der Waals surface area contributed by atoms with Crippen molar-refractivity contribution in [1.29, 1.82) is 5.26 Å². The average Bonchev–Trinajstić information content (AvgIpc) is 3.27. The summed E-state index contributed by atoms with van der Waals surface area (Å²) in [6.45, 7) is 5.79. The number of nitriles is 1. The standard InChI is InChI=1S/C29H31N5O/c1-2-24-19-33(18-22-12-14-25(15-13-22)35-20-23-8-4-3-5-9-23)17-16-27(24)34-28-11-7-6-10-26(28)32-29(34)31-21-30/h3-15,24,27H,2,16-20H2,1H3,(H,31,32). The lowest BCUT2D eigenvalue weighted by Crippen LogP contribution is -2.43. The third kappa shape index (κ3) is 5.16. The molecular formula is C29H31N5O. The molecule has 6 heteroatoms. The Morgan fingerprint density at radius 1 is 1.00 bits per heavy atom. The number of nitrogens with zero attached hydrogens (tertiary/aromatic N) is 4. The monoisotopic (exact) mass is 465 g/mol. The van der Waals surface area contributed by atoms with Crippen molar-refractivity contribution in [1.82, 2.24) is 14.5 Å². The van der Waals surface area contributed by atoms with Crippen LogP contribution in [0.1, 0.15) is 36.9 Å². The highest BCUT2D eigenvalue weighted by molar-refractivity contribution is 5.75. The SMILES string of the molecule is CCC1CN(Cc2ccc(OCc3ccccc3)cc2)CCC1n1c(=NC#N)[nH]c2ccccc21. The Balaban J connectivity index is 1.26. The van der Waals surface area contributed by atoms with Gasteiger partial charge in [0.2, 0.25) is 11.8 Å². The molecule has 1 fully saturated rings. The number of nitrogens with one attached hydrogen (secondary N) is 1. The molecule has 0 aliphatic carbocycles. The van der Waals surface area contributed by atoms with Gasteiger partial charge in [-0.3, -0.25) is 4.90 Å². The van der Waals surface area contributed by atoms with Crippen LogP contribution in [-0.2, 0) is 13.2 Å². The zero-order valence-corrected chi connectivity index (χ0v) is 20.1. The summed E-state index contributed by atoms with van der Waals surface area (Å²) >= 11 is 0. The minimum Gasteiger partial charge on any atom is -0.489 e. The molecule has 1 aliphatic heterocycles. The van der Waals surface area contributed by atoms with Gasteiger partial charge in [0, 0.05) is 25.7 Å². The van der Waals surface area contributed by atoms with E-state index in [1.807, 2.05) is 42.6 Å². The number of para-hydroxylation sites is 2. The number of hydrogen-bond acceptors (Lipinski definition) is 4. The first kappa shape index (κ1) is 22.9. The van der Waals surface area contributed by atoms with Crippen molar-refractivity contribution in [2.45, 2.75) is 39.0 Å². The number of piperidine rings is 1. The van der Waals surface area contributed by atoms with Crippen molar-refractivity contribution in [3.05, 3.63) is 95.6 Å². The first-order valence-corrected chi connectivity index (χ1v) is 12.3. The van der Waals surface area contributed by atoms with Crippen LogP contribution >= 0.6 is 0 Å². The molecule has 6 nitrogen and oxygen atoms in total. The van der Waals surface area contributed by atoms with E-state index in [1.165, 1.54) is 11.1 Å². The number of likely N-dealkylation sites (tertiary alicyclic amines) is 1. The smallest absolute Gasteiger partial charge is 0.219 e. The lowest BCUT2D eigenvalue weighted by atomic mass is 9.89. The van der Waals surface area contributed by atoms with Crippen LogP contribution in [0.4, 0.5) is 0 Å². The van der Waals surface area contributed by atoms with E-state index in [0.717, 1.165) is 49.3 Å². The quantitative estimate of drug-likeness (QED) is 0.371. The molecular weight excluding hydrogens is 434 g/mol. The van der Waals surface area contributed by atoms with Crippen molar-refractivity contribution in [2.75, 3.05) is 13.1 Å². The number of benzene rings is 3. The fourth-order valence-corrected chi connectivity index (χ4v) is 5.22. The minimum atomic E-state index is 0.313. The van der Waals surface area contributed by atoms with Gasteiger partial charge >= 0.3 is 0 Å². The highest BCUT2D eigenvalue weighted by Gasteiger charge is 2.31. The van der Waals surface area contributed by atoms with E-state index < -0.39 is 0 Å². The van der Waals surface area contributed by atoms with Gasteiger partial charge in [-0.1, -0.05) is 67.9 Å². The zero-order chi connectivity index (χ0) is 24.0. The normalized spacial score (nSPS) is 19.0. The number of fused-ring (bicyclic) bond motifs is 1. The lowest BCUT2D eigenvalue weighted by Gasteiger charge is -2.39. The van der Waals surface area contributed by atoms with Crippen molar-refractivity contribution >= 4 is 11.0 Å². The molecule has 1 aromatic heterocycles. The molecule has 1 N–H and O–H groups in total. The molecule has 3 aromatic carbocycles. The molecule has 35 heavy (non-hydrogen) atoms. The molecule has 4 aromatic rings. The van der Waals surface area contributed by atoms with Crippen LogP contribution in [-0.4, -0.2) is 27.5 Å². The molecule has 1 saturated heterocycles. The Hall–Kier alpha value is -3.82.